The van der Waals surface area contributed by atoms with E-state index >= 15 is 0 Å². The van der Waals surface area contributed by atoms with Crippen LogP contribution < -0.4 is 5.32 Å². The number of hydrogen-bond donors (Lipinski definition) is 1. The fourth-order valence-corrected chi connectivity index (χ4v) is 2.17. The Morgan fingerprint density at radius 2 is 2.18 bits per heavy atom. The van der Waals surface area contributed by atoms with Crippen LogP contribution in [0.3, 0.4) is 0 Å². The molecule has 1 aromatic carbocycles. The van der Waals surface area contributed by atoms with E-state index in [1.54, 1.807) is 0 Å². The molecule has 1 aliphatic rings. The van der Waals surface area contributed by atoms with Crippen molar-refractivity contribution in [3.8, 4) is 0 Å². The number of esters is 1. The predicted octanol–water partition coefficient (Wildman–Crippen LogP) is 2.49. The van der Waals surface area contributed by atoms with E-state index in [-0.39, 0.29) is 11.9 Å². The number of carbonyl (C=O) groups excluding carboxylic acids is 1. The van der Waals surface area contributed by atoms with Crippen LogP contribution in [-0.4, -0.2) is 19.1 Å². The lowest BCUT2D eigenvalue weighted by Crippen LogP contribution is -2.35. The van der Waals surface area contributed by atoms with Crippen LogP contribution in [0.1, 0.15) is 18.4 Å². The van der Waals surface area contributed by atoms with Crippen LogP contribution in [-0.2, 0) is 16.1 Å². The van der Waals surface area contributed by atoms with E-state index in [4.69, 9.17) is 4.74 Å². The molecule has 0 spiro atoms. The summed E-state index contributed by atoms with van der Waals surface area (Å²) >= 11 is 3.37. The second-order valence-electron chi connectivity index (χ2n) is 4.28. The minimum atomic E-state index is -0.0832. The zero-order chi connectivity index (χ0) is 12.1. The standard InChI is InChI=1S/C13H16BrNO2/c14-12-5-3-10(4-6-12)9-17-13(16)11-2-1-7-15-8-11/h3-6,11,15H,1-2,7-9H2/t11-/m0/s1. The Morgan fingerprint density at radius 1 is 1.41 bits per heavy atom. The van der Waals surface area contributed by atoms with Crippen molar-refractivity contribution >= 4 is 21.9 Å². The molecule has 1 saturated heterocycles. The van der Waals surface area contributed by atoms with Gasteiger partial charge < -0.3 is 10.1 Å². The van der Waals surface area contributed by atoms with Gasteiger partial charge >= 0.3 is 5.97 Å². The van der Waals surface area contributed by atoms with Crippen LogP contribution in [0.2, 0.25) is 0 Å². The summed E-state index contributed by atoms with van der Waals surface area (Å²) in [5.41, 5.74) is 1.02. The van der Waals surface area contributed by atoms with Crippen LogP contribution in [0, 0.1) is 5.92 Å². The molecule has 1 aliphatic heterocycles. The Hall–Kier alpha value is -0.870. The van der Waals surface area contributed by atoms with E-state index in [1.807, 2.05) is 24.3 Å². The summed E-state index contributed by atoms with van der Waals surface area (Å²) in [7, 11) is 0. The van der Waals surface area contributed by atoms with Crippen molar-refractivity contribution in [1.82, 2.24) is 5.32 Å². The van der Waals surface area contributed by atoms with Crippen molar-refractivity contribution in [3.63, 3.8) is 0 Å². The van der Waals surface area contributed by atoms with E-state index in [1.165, 1.54) is 0 Å². The maximum Gasteiger partial charge on any atom is 0.310 e. The van der Waals surface area contributed by atoms with Gasteiger partial charge in [0.05, 0.1) is 5.92 Å². The molecule has 0 aliphatic carbocycles. The smallest absolute Gasteiger partial charge is 0.310 e. The highest BCUT2D eigenvalue weighted by Gasteiger charge is 2.22. The minimum absolute atomic E-state index is 0.0270. The Morgan fingerprint density at radius 3 is 2.82 bits per heavy atom. The first kappa shape index (κ1) is 12.6. The maximum atomic E-state index is 11.8. The molecule has 17 heavy (non-hydrogen) atoms. The molecule has 0 aromatic heterocycles. The van der Waals surface area contributed by atoms with Crippen molar-refractivity contribution in [2.24, 2.45) is 5.92 Å². The molecule has 4 heteroatoms. The third-order valence-corrected chi connectivity index (χ3v) is 3.45. The molecule has 1 aromatic rings. The first-order valence-corrected chi connectivity index (χ1v) is 6.67. The van der Waals surface area contributed by atoms with Gasteiger partial charge in [-0.3, -0.25) is 4.79 Å². The summed E-state index contributed by atoms with van der Waals surface area (Å²) in [6.45, 7) is 2.12. The molecule has 0 saturated carbocycles. The summed E-state index contributed by atoms with van der Waals surface area (Å²) in [5, 5.41) is 3.21. The Labute approximate surface area is 110 Å². The third kappa shape index (κ3) is 3.82. The average Bonchev–Trinajstić information content (AvgIpc) is 2.39. The quantitative estimate of drug-likeness (QED) is 0.871. The van der Waals surface area contributed by atoms with Gasteiger partial charge in [-0.05, 0) is 37.1 Å². The fraction of sp³-hybridized carbons (Fsp3) is 0.462. The highest BCUT2D eigenvalue weighted by molar-refractivity contribution is 9.10. The lowest BCUT2D eigenvalue weighted by atomic mass is 10.0. The van der Waals surface area contributed by atoms with Gasteiger partial charge in [-0.25, -0.2) is 0 Å². The second kappa shape index (κ2) is 6.17. The third-order valence-electron chi connectivity index (χ3n) is 2.92. The lowest BCUT2D eigenvalue weighted by Gasteiger charge is -2.21. The SMILES string of the molecule is O=C(OCc1ccc(Br)cc1)[C@H]1CCCNC1. The summed E-state index contributed by atoms with van der Waals surface area (Å²) < 4.78 is 6.34. The molecule has 0 amide bonds. The summed E-state index contributed by atoms with van der Waals surface area (Å²) in [5.74, 6) is -0.0562. The van der Waals surface area contributed by atoms with Crippen molar-refractivity contribution in [2.45, 2.75) is 19.4 Å². The molecule has 2 rings (SSSR count). The molecule has 3 nitrogen and oxygen atoms in total. The zero-order valence-corrected chi connectivity index (χ0v) is 11.2. The molecule has 1 heterocycles. The Kier molecular flexibility index (Phi) is 4.57. The van der Waals surface area contributed by atoms with Gasteiger partial charge in [0.25, 0.3) is 0 Å². The second-order valence-corrected chi connectivity index (χ2v) is 5.19. The number of ether oxygens (including phenoxy) is 1. The van der Waals surface area contributed by atoms with Crippen molar-refractivity contribution in [2.75, 3.05) is 13.1 Å². The molecular formula is C13H16BrNO2. The van der Waals surface area contributed by atoms with E-state index in [0.29, 0.717) is 6.61 Å². The minimum Gasteiger partial charge on any atom is -0.461 e. The Bertz CT molecular complexity index is 372. The number of rotatable bonds is 3. The normalized spacial score (nSPS) is 19.9. The number of hydrogen-bond acceptors (Lipinski definition) is 3. The first-order valence-electron chi connectivity index (χ1n) is 5.87. The zero-order valence-electron chi connectivity index (χ0n) is 9.62. The van der Waals surface area contributed by atoms with Crippen molar-refractivity contribution in [3.05, 3.63) is 34.3 Å². The lowest BCUT2D eigenvalue weighted by molar-refractivity contribution is -0.150. The summed E-state index contributed by atoms with van der Waals surface area (Å²) in [6.07, 6.45) is 1.99. The highest BCUT2D eigenvalue weighted by Crippen LogP contribution is 2.14. The van der Waals surface area contributed by atoms with Gasteiger partial charge in [-0.1, -0.05) is 28.1 Å². The molecule has 0 bridgehead atoms. The number of nitrogens with one attached hydrogen (secondary N) is 1. The summed E-state index contributed by atoms with van der Waals surface area (Å²) in [6, 6.07) is 7.81. The van der Waals surface area contributed by atoms with Crippen LogP contribution in [0.4, 0.5) is 0 Å². The summed E-state index contributed by atoms with van der Waals surface area (Å²) in [4.78, 5) is 11.8. The van der Waals surface area contributed by atoms with Gasteiger partial charge in [0.1, 0.15) is 6.61 Å². The van der Waals surface area contributed by atoms with Gasteiger partial charge in [0, 0.05) is 11.0 Å². The molecule has 0 unspecified atom stereocenters. The van der Waals surface area contributed by atoms with Crippen LogP contribution >= 0.6 is 15.9 Å². The number of halogens is 1. The van der Waals surface area contributed by atoms with Crippen LogP contribution in [0.15, 0.2) is 28.7 Å². The molecule has 1 N–H and O–H groups in total. The van der Waals surface area contributed by atoms with Gasteiger partial charge in [-0.2, -0.15) is 0 Å². The van der Waals surface area contributed by atoms with Crippen LogP contribution in [0.25, 0.3) is 0 Å². The monoisotopic (exact) mass is 297 g/mol. The Balaban J connectivity index is 1.81. The van der Waals surface area contributed by atoms with Crippen molar-refractivity contribution in [1.29, 1.82) is 0 Å². The molecule has 0 radical (unpaired) electrons. The average molecular weight is 298 g/mol. The van der Waals surface area contributed by atoms with Crippen molar-refractivity contribution < 1.29 is 9.53 Å². The number of carbonyl (C=O) groups is 1. The van der Waals surface area contributed by atoms with Gasteiger partial charge in [0.2, 0.25) is 0 Å². The van der Waals surface area contributed by atoms with E-state index in [9.17, 15) is 4.79 Å². The predicted molar refractivity (Wildman–Crippen MR) is 69.5 cm³/mol. The van der Waals surface area contributed by atoms with E-state index < -0.39 is 0 Å². The molecule has 1 fully saturated rings. The van der Waals surface area contributed by atoms with Gasteiger partial charge in [0.15, 0.2) is 0 Å². The van der Waals surface area contributed by atoms with E-state index in [2.05, 4.69) is 21.2 Å². The molecule has 1 atom stereocenters. The molecule has 92 valence electrons. The molecular weight excluding hydrogens is 282 g/mol. The topological polar surface area (TPSA) is 38.3 Å². The fourth-order valence-electron chi connectivity index (χ4n) is 1.91. The highest BCUT2D eigenvalue weighted by atomic mass is 79.9. The van der Waals surface area contributed by atoms with E-state index in [0.717, 1.165) is 36.0 Å². The maximum absolute atomic E-state index is 11.8. The number of piperidine rings is 1. The van der Waals surface area contributed by atoms with Gasteiger partial charge in [-0.15, -0.1) is 0 Å². The largest absolute Gasteiger partial charge is 0.461 e. The van der Waals surface area contributed by atoms with Crippen LogP contribution in [0.5, 0.6) is 0 Å². The first-order chi connectivity index (χ1) is 8.25. The number of benzene rings is 1.